The average molecular weight is 353 g/mol. The summed E-state index contributed by atoms with van der Waals surface area (Å²) < 4.78 is 7.30. The Morgan fingerprint density at radius 3 is 2.80 bits per heavy atom. The summed E-state index contributed by atoms with van der Waals surface area (Å²) in [5, 5.41) is 11.9. The van der Waals surface area contributed by atoms with Gasteiger partial charge in [0.05, 0.1) is 28.8 Å². The largest absolute Gasteiger partial charge is 0.449 e. The zero-order valence-corrected chi connectivity index (χ0v) is 14.0. The Labute approximate surface area is 148 Å². The van der Waals surface area contributed by atoms with Crippen LogP contribution in [0.1, 0.15) is 16.1 Å². The van der Waals surface area contributed by atoms with E-state index in [1.165, 1.54) is 0 Å². The van der Waals surface area contributed by atoms with E-state index in [0.29, 0.717) is 22.0 Å². The van der Waals surface area contributed by atoms with Gasteiger partial charge in [-0.15, -0.1) is 5.10 Å². The number of fused-ring (bicyclic) bond motifs is 1. The molecule has 0 radical (unpaired) electrons. The highest BCUT2D eigenvalue weighted by molar-refractivity contribution is 6.35. The van der Waals surface area contributed by atoms with E-state index in [4.69, 9.17) is 16.0 Å². The van der Waals surface area contributed by atoms with Gasteiger partial charge in [0.2, 0.25) is 0 Å². The highest BCUT2D eigenvalue weighted by Crippen LogP contribution is 2.31. The first-order valence-corrected chi connectivity index (χ1v) is 7.97. The Hall–Kier alpha value is -3.12. The molecular weight excluding hydrogens is 340 g/mol. The number of anilines is 1. The van der Waals surface area contributed by atoms with E-state index in [1.54, 1.807) is 29.2 Å². The highest BCUT2D eigenvalue weighted by Gasteiger charge is 2.20. The third-order valence-electron chi connectivity index (χ3n) is 3.94. The maximum Gasteiger partial charge on any atom is 0.291 e. The van der Waals surface area contributed by atoms with Crippen molar-refractivity contribution >= 4 is 34.2 Å². The molecule has 0 saturated carbocycles. The van der Waals surface area contributed by atoms with Crippen LogP contribution in [-0.2, 0) is 0 Å². The fourth-order valence-electron chi connectivity index (χ4n) is 2.72. The molecule has 124 valence electrons. The zero-order valence-electron chi connectivity index (χ0n) is 13.2. The number of rotatable bonds is 3. The summed E-state index contributed by atoms with van der Waals surface area (Å²) in [5.74, 6) is -0.117. The van der Waals surface area contributed by atoms with Gasteiger partial charge in [0, 0.05) is 10.9 Å². The molecule has 0 aliphatic rings. The van der Waals surface area contributed by atoms with Gasteiger partial charge in [-0.25, -0.2) is 4.68 Å². The number of benzene rings is 2. The normalized spacial score (nSPS) is 11.0. The van der Waals surface area contributed by atoms with E-state index < -0.39 is 0 Å². The lowest BCUT2D eigenvalue weighted by atomic mass is 10.1. The fraction of sp³-hybridized carbons (Fsp3) is 0.0556. The van der Waals surface area contributed by atoms with E-state index in [2.05, 4.69) is 15.6 Å². The fourth-order valence-corrected chi connectivity index (χ4v) is 2.93. The summed E-state index contributed by atoms with van der Waals surface area (Å²) in [4.78, 5) is 12.7. The number of aromatic nitrogens is 3. The first kappa shape index (κ1) is 15.4. The van der Waals surface area contributed by atoms with E-state index in [-0.39, 0.29) is 11.7 Å². The van der Waals surface area contributed by atoms with Crippen LogP contribution < -0.4 is 5.32 Å². The van der Waals surface area contributed by atoms with Crippen LogP contribution in [0.2, 0.25) is 5.02 Å². The molecule has 2 heterocycles. The molecule has 0 spiro atoms. The molecule has 4 rings (SSSR count). The number of furan rings is 1. The van der Waals surface area contributed by atoms with Crippen molar-refractivity contribution in [2.75, 3.05) is 5.32 Å². The second-order valence-corrected chi connectivity index (χ2v) is 5.90. The van der Waals surface area contributed by atoms with Gasteiger partial charge < -0.3 is 9.73 Å². The van der Waals surface area contributed by atoms with Crippen LogP contribution in [0.15, 0.2) is 59.3 Å². The lowest BCUT2D eigenvalue weighted by Gasteiger charge is -2.09. The van der Waals surface area contributed by atoms with Crippen LogP contribution in [0.3, 0.4) is 0 Å². The molecule has 0 fully saturated rings. The number of nitrogens with zero attached hydrogens (tertiary/aromatic N) is 3. The van der Waals surface area contributed by atoms with Crippen molar-refractivity contribution in [1.82, 2.24) is 15.0 Å². The van der Waals surface area contributed by atoms with Crippen molar-refractivity contribution in [1.29, 1.82) is 0 Å². The molecule has 0 saturated heterocycles. The molecule has 0 unspecified atom stereocenters. The molecule has 25 heavy (non-hydrogen) atoms. The van der Waals surface area contributed by atoms with Crippen LogP contribution in [0.5, 0.6) is 0 Å². The smallest absolute Gasteiger partial charge is 0.291 e. The minimum absolute atomic E-state index is 0.233. The third-order valence-corrected chi connectivity index (χ3v) is 4.24. The number of para-hydroxylation sites is 3. The molecule has 0 aliphatic carbocycles. The Bertz CT molecular complexity index is 1070. The molecule has 0 aliphatic heterocycles. The minimum atomic E-state index is -0.350. The summed E-state index contributed by atoms with van der Waals surface area (Å²) in [5.41, 5.74) is 2.56. The number of carbonyl (C=O) groups excluding carboxylic acids is 1. The number of carbonyl (C=O) groups is 1. The summed E-state index contributed by atoms with van der Waals surface area (Å²) in [6.07, 6.45) is 3.28. The van der Waals surface area contributed by atoms with Crippen molar-refractivity contribution in [3.63, 3.8) is 0 Å². The number of hydrogen-bond donors (Lipinski definition) is 1. The number of nitrogens with one attached hydrogen (secondary N) is 1. The maximum absolute atomic E-state index is 12.7. The second kappa shape index (κ2) is 6.07. The van der Waals surface area contributed by atoms with Gasteiger partial charge in [-0.1, -0.05) is 41.1 Å². The molecule has 0 atom stereocenters. The number of hydrogen-bond acceptors (Lipinski definition) is 4. The summed E-state index contributed by atoms with van der Waals surface area (Å²) in [7, 11) is 0. The second-order valence-electron chi connectivity index (χ2n) is 5.49. The molecule has 6 nitrogen and oxygen atoms in total. The summed E-state index contributed by atoms with van der Waals surface area (Å²) >= 11 is 6.16. The Kier molecular flexibility index (Phi) is 3.74. The van der Waals surface area contributed by atoms with Crippen molar-refractivity contribution < 1.29 is 9.21 Å². The molecular formula is C18H13ClN4O2. The molecule has 2 aromatic carbocycles. The standard InChI is InChI=1S/C18H13ClN4O2/c1-11-12-5-4-6-13(19)17(12)25-16(11)18(24)21-14-7-2-3-8-15(14)23-10-9-20-22-23/h2-10H,1H3,(H,21,24). The van der Waals surface area contributed by atoms with Crippen molar-refractivity contribution in [3.05, 3.63) is 71.2 Å². The van der Waals surface area contributed by atoms with Gasteiger partial charge in [0.1, 0.15) is 0 Å². The van der Waals surface area contributed by atoms with E-state index >= 15 is 0 Å². The van der Waals surface area contributed by atoms with Gasteiger partial charge in [0.25, 0.3) is 5.91 Å². The maximum atomic E-state index is 12.7. The molecule has 4 aromatic rings. The molecule has 1 amide bonds. The predicted molar refractivity (Wildman–Crippen MR) is 95.3 cm³/mol. The van der Waals surface area contributed by atoms with Crippen molar-refractivity contribution in [3.8, 4) is 5.69 Å². The monoisotopic (exact) mass is 352 g/mol. The molecule has 1 N–H and O–H groups in total. The van der Waals surface area contributed by atoms with Gasteiger partial charge in [0.15, 0.2) is 11.3 Å². The quantitative estimate of drug-likeness (QED) is 0.599. The van der Waals surface area contributed by atoms with Crippen molar-refractivity contribution in [2.24, 2.45) is 0 Å². The summed E-state index contributed by atoms with van der Waals surface area (Å²) in [6, 6.07) is 12.8. The molecule has 7 heteroatoms. The van der Waals surface area contributed by atoms with Gasteiger partial charge in [-0.2, -0.15) is 0 Å². The van der Waals surface area contributed by atoms with Crippen LogP contribution in [0, 0.1) is 6.92 Å². The Morgan fingerprint density at radius 1 is 1.20 bits per heavy atom. The van der Waals surface area contributed by atoms with Crippen LogP contribution >= 0.6 is 11.6 Å². The van der Waals surface area contributed by atoms with Crippen LogP contribution in [-0.4, -0.2) is 20.9 Å². The first-order chi connectivity index (χ1) is 12.1. The lowest BCUT2D eigenvalue weighted by Crippen LogP contribution is -2.14. The van der Waals surface area contributed by atoms with Crippen LogP contribution in [0.25, 0.3) is 16.7 Å². The minimum Gasteiger partial charge on any atom is -0.449 e. The number of halogens is 1. The molecule has 2 aromatic heterocycles. The van der Waals surface area contributed by atoms with E-state index in [1.807, 2.05) is 37.3 Å². The van der Waals surface area contributed by atoms with Crippen molar-refractivity contribution in [2.45, 2.75) is 6.92 Å². The SMILES string of the molecule is Cc1c(C(=O)Nc2ccccc2-n2ccnn2)oc2c(Cl)cccc12. The number of aryl methyl sites for hydroxylation is 1. The zero-order chi connectivity index (χ0) is 17.4. The average Bonchev–Trinajstić information content (AvgIpc) is 3.25. The van der Waals surface area contributed by atoms with E-state index in [0.717, 1.165) is 10.9 Å². The number of amides is 1. The van der Waals surface area contributed by atoms with Gasteiger partial charge >= 0.3 is 0 Å². The van der Waals surface area contributed by atoms with Gasteiger partial charge in [-0.3, -0.25) is 4.79 Å². The predicted octanol–water partition coefficient (Wildman–Crippen LogP) is 4.23. The molecule has 0 bridgehead atoms. The highest BCUT2D eigenvalue weighted by atomic mass is 35.5. The first-order valence-electron chi connectivity index (χ1n) is 7.60. The topological polar surface area (TPSA) is 73.0 Å². The summed E-state index contributed by atoms with van der Waals surface area (Å²) in [6.45, 7) is 1.83. The van der Waals surface area contributed by atoms with Gasteiger partial charge in [-0.05, 0) is 25.1 Å². The lowest BCUT2D eigenvalue weighted by molar-refractivity contribution is 0.0998. The third kappa shape index (κ3) is 2.66. The van der Waals surface area contributed by atoms with Crippen LogP contribution in [0.4, 0.5) is 5.69 Å². The van der Waals surface area contributed by atoms with E-state index in [9.17, 15) is 4.79 Å². The Morgan fingerprint density at radius 2 is 2.04 bits per heavy atom. The Balaban J connectivity index is 1.73.